The normalized spacial score (nSPS) is 11.9. The Balaban J connectivity index is 2.05. The quantitative estimate of drug-likeness (QED) is 0.285. The first-order valence-corrected chi connectivity index (χ1v) is 11.3. The maximum Gasteiger partial charge on any atom is 0.326 e. The number of carboxylic acids is 1. The number of hydrogen-bond acceptors (Lipinski definition) is 5. The van der Waals surface area contributed by atoms with E-state index in [1.54, 1.807) is 32.0 Å². The molecule has 1 heterocycles. The molecule has 3 aromatic rings. The molecule has 0 bridgehead atoms. The van der Waals surface area contributed by atoms with E-state index in [-0.39, 0.29) is 17.2 Å². The molecule has 9 nitrogen and oxygen atoms in total. The van der Waals surface area contributed by atoms with Gasteiger partial charge < -0.3 is 25.5 Å². The number of fused-ring (bicyclic) bond motifs is 1. The van der Waals surface area contributed by atoms with Crippen LogP contribution in [0.5, 0.6) is 5.75 Å². The number of ketones is 1. The van der Waals surface area contributed by atoms with Crippen LogP contribution in [0.2, 0.25) is 0 Å². The van der Waals surface area contributed by atoms with E-state index in [2.05, 4.69) is 5.32 Å². The molecule has 0 aliphatic carbocycles. The van der Waals surface area contributed by atoms with Gasteiger partial charge in [-0.05, 0) is 30.0 Å². The third-order valence-electron chi connectivity index (χ3n) is 5.74. The van der Waals surface area contributed by atoms with E-state index in [1.807, 2.05) is 41.8 Å². The lowest BCUT2D eigenvalue weighted by Gasteiger charge is -2.18. The summed E-state index contributed by atoms with van der Waals surface area (Å²) in [7, 11) is 0. The number of nitrogens with two attached hydrogens (primary N) is 1. The van der Waals surface area contributed by atoms with Gasteiger partial charge in [0.25, 0.3) is 17.6 Å². The summed E-state index contributed by atoms with van der Waals surface area (Å²) < 4.78 is 7.69. The molecule has 4 N–H and O–H groups in total. The fourth-order valence-electron chi connectivity index (χ4n) is 4.09. The lowest BCUT2D eigenvalue weighted by molar-refractivity contribution is -0.143. The van der Waals surface area contributed by atoms with Crippen LogP contribution in [0.1, 0.15) is 42.4 Å². The molecule has 0 unspecified atom stereocenters. The van der Waals surface area contributed by atoms with Crippen molar-refractivity contribution in [2.75, 3.05) is 6.61 Å². The summed E-state index contributed by atoms with van der Waals surface area (Å²) in [5.74, 6) is -3.79. The van der Waals surface area contributed by atoms with Crippen LogP contribution >= 0.6 is 0 Å². The third kappa shape index (κ3) is 5.51. The van der Waals surface area contributed by atoms with Gasteiger partial charge in [-0.2, -0.15) is 0 Å². The summed E-state index contributed by atoms with van der Waals surface area (Å²) in [5, 5.41) is 12.1. The van der Waals surface area contributed by atoms with Gasteiger partial charge in [-0.1, -0.05) is 57.2 Å². The Hall–Kier alpha value is -4.14. The number of carboxylic acid groups (broad SMARTS) is 1. The van der Waals surface area contributed by atoms with Gasteiger partial charge in [0.2, 0.25) is 0 Å². The number of primary amides is 1. The molecule has 0 spiro atoms. The molecule has 0 radical (unpaired) electrons. The Morgan fingerprint density at radius 1 is 1.06 bits per heavy atom. The number of nitrogens with one attached hydrogen (secondary N) is 1. The summed E-state index contributed by atoms with van der Waals surface area (Å²) in [4.78, 5) is 48.6. The fraction of sp³-hybridized carbons (Fsp3) is 0.308. The molecule has 184 valence electrons. The summed E-state index contributed by atoms with van der Waals surface area (Å²) in [6.45, 7) is 5.23. The SMILES string of the molecule is CCc1c(C(=O)C(N)=O)c2c(OCC(=O)N[C@@H](C(=O)O)C(C)C)cccc2n1Cc1ccccc1. The first-order chi connectivity index (χ1) is 16.6. The van der Waals surface area contributed by atoms with Crippen LogP contribution in [0.25, 0.3) is 10.9 Å². The summed E-state index contributed by atoms with van der Waals surface area (Å²) in [6, 6.07) is 13.7. The molecule has 2 amide bonds. The Labute approximate surface area is 202 Å². The van der Waals surface area contributed by atoms with Gasteiger partial charge in [0.1, 0.15) is 11.8 Å². The predicted molar refractivity (Wildman–Crippen MR) is 130 cm³/mol. The number of benzene rings is 2. The molecule has 2 aromatic carbocycles. The molecule has 0 saturated heterocycles. The van der Waals surface area contributed by atoms with Crippen LogP contribution < -0.4 is 15.8 Å². The van der Waals surface area contributed by atoms with Crippen LogP contribution in [0.4, 0.5) is 0 Å². The molecular formula is C26H29N3O6. The van der Waals surface area contributed by atoms with E-state index in [0.717, 1.165) is 5.56 Å². The Kier molecular flexibility index (Phi) is 7.91. The van der Waals surface area contributed by atoms with Crippen molar-refractivity contribution in [1.29, 1.82) is 0 Å². The number of ether oxygens (including phenoxy) is 1. The molecule has 0 fully saturated rings. The number of nitrogens with zero attached hydrogens (tertiary/aromatic N) is 1. The van der Waals surface area contributed by atoms with Gasteiger partial charge in [0, 0.05) is 12.2 Å². The van der Waals surface area contributed by atoms with Crippen molar-refractivity contribution in [3.8, 4) is 5.75 Å². The number of rotatable bonds is 11. The second kappa shape index (κ2) is 10.9. The predicted octanol–water partition coefficient (Wildman–Crippen LogP) is 2.52. The molecule has 3 rings (SSSR count). The minimum absolute atomic E-state index is 0.146. The average Bonchev–Trinajstić information content (AvgIpc) is 3.14. The standard InChI is InChI=1S/C26H29N3O6/c1-4-17-22(24(31)25(27)32)21-18(29(17)13-16-9-6-5-7-10-16)11-8-12-19(21)35-14-20(30)28-23(15(2)3)26(33)34/h5-12,15,23H,4,13-14H2,1-3H3,(H2,27,32)(H,28,30)(H,33,34)/t23-/m1/s1. The maximum absolute atomic E-state index is 12.9. The third-order valence-corrected chi connectivity index (χ3v) is 5.74. The van der Waals surface area contributed by atoms with Crippen molar-refractivity contribution in [1.82, 2.24) is 9.88 Å². The highest BCUT2D eigenvalue weighted by Gasteiger charge is 2.28. The zero-order valence-corrected chi connectivity index (χ0v) is 19.9. The number of aliphatic carboxylic acids is 1. The molecule has 0 saturated carbocycles. The second-order valence-corrected chi connectivity index (χ2v) is 8.51. The van der Waals surface area contributed by atoms with E-state index in [9.17, 15) is 24.3 Å². The molecule has 35 heavy (non-hydrogen) atoms. The van der Waals surface area contributed by atoms with Crippen LogP contribution in [-0.2, 0) is 27.3 Å². The summed E-state index contributed by atoms with van der Waals surface area (Å²) in [6.07, 6.45) is 0.449. The van der Waals surface area contributed by atoms with Crippen LogP contribution in [-0.4, -0.2) is 45.9 Å². The Bertz CT molecular complexity index is 1260. The smallest absolute Gasteiger partial charge is 0.326 e. The summed E-state index contributed by atoms with van der Waals surface area (Å²) >= 11 is 0. The van der Waals surface area contributed by atoms with Crippen molar-refractivity contribution in [3.05, 3.63) is 65.4 Å². The fourth-order valence-corrected chi connectivity index (χ4v) is 4.09. The molecule has 0 aliphatic rings. The van der Waals surface area contributed by atoms with Crippen LogP contribution in [0, 0.1) is 5.92 Å². The van der Waals surface area contributed by atoms with Crippen LogP contribution in [0.3, 0.4) is 0 Å². The van der Waals surface area contributed by atoms with Crippen LogP contribution in [0.15, 0.2) is 48.5 Å². The van der Waals surface area contributed by atoms with E-state index in [1.165, 1.54) is 0 Å². The zero-order valence-electron chi connectivity index (χ0n) is 19.9. The molecule has 1 aromatic heterocycles. The van der Waals surface area contributed by atoms with Crippen molar-refractivity contribution in [3.63, 3.8) is 0 Å². The molecular weight excluding hydrogens is 450 g/mol. The number of hydrogen-bond donors (Lipinski definition) is 3. The van der Waals surface area contributed by atoms with Gasteiger partial charge in [0.15, 0.2) is 6.61 Å². The van der Waals surface area contributed by atoms with Gasteiger partial charge in [-0.25, -0.2) is 4.79 Å². The topological polar surface area (TPSA) is 141 Å². The first kappa shape index (κ1) is 25.5. The van der Waals surface area contributed by atoms with E-state index < -0.39 is 36.2 Å². The molecule has 0 aliphatic heterocycles. The second-order valence-electron chi connectivity index (χ2n) is 8.51. The van der Waals surface area contributed by atoms with Crippen molar-refractivity contribution >= 4 is 34.5 Å². The van der Waals surface area contributed by atoms with E-state index in [0.29, 0.717) is 29.6 Å². The van der Waals surface area contributed by atoms with Crippen molar-refractivity contribution < 1.29 is 29.0 Å². The number of aromatic nitrogens is 1. The van der Waals surface area contributed by atoms with Gasteiger partial charge >= 0.3 is 5.97 Å². The van der Waals surface area contributed by atoms with Gasteiger partial charge in [0.05, 0.1) is 16.5 Å². The van der Waals surface area contributed by atoms with E-state index in [4.69, 9.17) is 10.5 Å². The Morgan fingerprint density at radius 3 is 2.31 bits per heavy atom. The Morgan fingerprint density at radius 2 is 1.74 bits per heavy atom. The number of Topliss-reactive ketones (excluding diaryl/α,β-unsaturated/α-hetero) is 1. The highest BCUT2D eigenvalue weighted by atomic mass is 16.5. The van der Waals surface area contributed by atoms with Gasteiger partial charge in [-0.15, -0.1) is 0 Å². The number of carbonyl (C=O) groups is 4. The maximum atomic E-state index is 12.9. The highest BCUT2D eigenvalue weighted by Crippen LogP contribution is 2.35. The van der Waals surface area contributed by atoms with E-state index >= 15 is 0 Å². The molecule has 9 heteroatoms. The van der Waals surface area contributed by atoms with Crippen molar-refractivity contribution in [2.45, 2.75) is 39.8 Å². The first-order valence-electron chi connectivity index (χ1n) is 11.3. The minimum Gasteiger partial charge on any atom is -0.483 e. The molecule has 1 atom stereocenters. The zero-order chi connectivity index (χ0) is 25.7. The monoisotopic (exact) mass is 479 g/mol. The number of amides is 2. The minimum atomic E-state index is -1.14. The number of carbonyl (C=O) groups excluding carboxylic acids is 3. The lowest BCUT2D eigenvalue weighted by Crippen LogP contribution is -2.46. The largest absolute Gasteiger partial charge is 0.483 e. The van der Waals surface area contributed by atoms with Crippen molar-refractivity contribution in [2.24, 2.45) is 11.7 Å². The van der Waals surface area contributed by atoms with Gasteiger partial charge in [-0.3, -0.25) is 14.4 Å². The highest BCUT2D eigenvalue weighted by molar-refractivity contribution is 6.45. The lowest BCUT2D eigenvalue weighted by atomic mass is 10.0. The average molecular weight is 480 g/mol. The summed E-state index contributed by atoms with van der Waals surface area (Å²) in [5.41, 5.74) is 7.79.